The number of nitro groups is 1. The number of benzene rings is 1. The smallest absolute Gasteiger partial charge is 0.274 e. The zero-order valence-electron chi connectivity index (χ0n) is 10.3. The van der Waals surface area contributed by atoms with Crippen molar-refractivity contribution in [2.45, 2.75) is 6.42 Å². The Morgan fingerprint density at radius 3 is 2.89 bits per heavy atom. The summed E-state index contributed by atoms with van der Waals surface area (Å²) in [6.07, 6.45) is 4.18. The number of non-ortho nitro benzene ring substituents is 1. The van der Waals surface area contributed by atoms with Crippen molar-refractivity contribution in [2.24, 2.45) is 7.05 Å². The molecule has 0 spiro atoms. The van der Waals surface area contributed by atoms with Crippen molar-refractivity contribution in [3.63, 3.8) is 0 Å². The van der Waals surface area contributed by atoms with Crippen molar-refractivity contribution in [1.29, 1.82) is 0 Å². The number of hydrogen-bond donors (Lipinski definition) is 1. The lowest BCUT2D eigenvalue weighted by molar-refractivity contribution is -0.385. The van der Waals surface area contributed by atoms with E-state index in [0.717, 1.165) is 11.9 Å². The van der Waals surface area contributed by atoms with Crippen LogP contribution in [-0.4, -0.2) is 21.0 Å². The van der Waals surface area contributed by atoms with Crippen molar-refractivity contribution in [3.05, 3.63) is 52.3 Å². The summed E-state index contributed by atoms with van der Waals surface area (Å²) in [5.41, 5.74) is 0.125. The largest absolute Gasteiger partial charge is 0.384 e. The van der Waals surface area contributed by atoms with Crippen molar-refractivity contribution in [3.8, 4) is 0 Å². The van der Waals surface area contributed by atoms with Gasteiger partial charge >= 0.3 is 0 Å². The summed E-state index contributed by atoms with van der Waals surface area (Å²) >= 11 is 0. The summed E-state index contributed by atoms with van der Waals surface area (Å²) in [6.45, 7) is 0.519. The fraction of sp³-hybridized carbons (Fsp3) is 0.250. The fourth-order valence-corrected chi connectivity index (χ4v) is 1.74. The van der Waals surface area contributed by atoms with Gasteiger partial charge in [-0.05, 0) is 6.07 Å². The molecule has 6 nitrogen and oxygen atoms in total. The van der Waals surface area contributed by atoms with Crippen LogP contribution < -0.4 is 5.32 Å². The second kappa shape index (κ2) is 5.47. The highest BCUT2D eigenvalue weighted by Crippen LogP contribution is 2.19. The minimum absolute atomic E-state index is 0.264. The standard InChI is InChI=1S/C12H13FN4O2/c1-16-5-4-15-12(16)2-3-14-10-6-9(13)7-11(8-10)17(18)19/h4-8,14H,2-3H2,1H3. The van der Waals surface area contributed by atoms with Gasteiger partial charge in [-0.1, -0.05) is 0 Å². The molecule has 19 heavy (non-hydrogen) atoms. The molecule has 0 amide bonds. The van der Waals surface area contributed by atoms with E-state index >= 15 is 0 Å². The number of aryl methyl sites for hydroxylation is 1. The molecule has 2 aromatic rings. The minimum Gasteiger partial charge on any atom is -0.384 e. The first-order valence-corrected chi connectivity index (χ1v) is 5.71. The molecule has 1 aromatic carbocycles. The van der Waals surface area contributed by atoms with Gasteiger partial charge in [-0.15, -0.1) is 0 Å². The Labute approximate surface area is 109 Å². The Morgan fingerprint density at radius 2 is 2.26 bits per heavy atom. The highest BCUT2D eigenvalue weighted by atomic mass is 19.1. The van der Waals surface area contributed by atoms with Crippen molar-refractivity contribution >= 4 is 11.4 Å². The predicted octanol–water partition coefficient (Wildman–Crippen LogP) is 2.12. The predicted molar refractivity (Wildman–Crippen MR) is 68.5 cm³/mol. The first-order valence-electron chi connectivity index (χ1n) is 5.71. The first kappa shape index (κ1) is 13.0. The molecule has 0 atom stereocenters. The number of imidazole rings is 1. The number of hydrogen-bond acceptors (Lipinski definition) is 4. The van der Waals surface area contributed by atoms with Gasteiger partial charge in [-0.3, -0.25) is 10.1 Å². The molecule has 0 aliphatic carbocycles. The summed E-state index contributed by atoms with van der Waals surface area (Å²) in [4.78, 5) is 14.1. The molecule has 0 fully saturated rings. The quantitative estimate of drug-likeness (QED) is 0.663. The topological polar surface area (TPSA) is 73.0 Å². The van der Waals surface area contributed by atoms with Crippen LogP contribution in [0.2, 0.25) is 0 Å². The van der Waals surface area contributed by atoms with E-state index in [1.807, 2.05) is 17.8 Å². The third-order valence-electron chi connectivity index (χ3n) is 2.69. The van der Waals surface area contributed by atoms with E-state index in [0.29, 0.717) is 18.7 Å². The van der Waals surface area contributed by atoms with Gasteiger partial charge < -0.3 is 9.88 Å². The lowest BCUT2D eigenvalue weighted by Crippen LogP contribution is -2.09. The summed E-state index contributed by atoms with van der Waals surface area (Å²) in [6, 6.07) is 3.43. The maximum atomic E-state index is 13.2. The molecule has 0 saturated heterocycles. The molecule has 0 saturated carbocycles. The lowest BCUT2D eigenvalue weighted by Gasteiger charge is -2.06. The van der Waals surface area contributed by atoms with E-state index in [1.165, 1.54) is 12.1 Å². The number of nitro benzene ring substituents is 1. The van der Waals surface area contributed by atoms with E-state index in [4.69, 9.17) is 0 Å². The number of anilines is 1. The van der Waals surface area contributed by atoms with E-state index in [1.54, 1.807) is 6.20 Å². The zero-order chi connectivity index (χ0) is 13.8. The van der Waals surface area contributed by atoms with Crippen LogP contribution in [0.5, 0.6) is 0 Å². The van der Waals surface area contributed by atoms with Gasteiger partial charge in [0.25, 0.3) is 5.69 Å². The molecular formula is C12H13FN4O2. The first-order chi connectivity index (χ1) is 9.06. The van der Waals surface area contributed by atoms with Crippen molar-refractivity contribution in [1.82, 2.24) is 9.55 Å². The molecule has 7 heteroatoms. The van der Waals surface area contributed by atoms with Crippen molar-refractivity contribution < 1.29 is 9.31 Å². The number of aromatic nitrogens is 2. The lowest BCUT2D eigenvalue weighted by atomic mass is 10.2. The monoisotopic (exact) mass is 264 g/mol. The van der Waals surface area contributed by atoms with E-state index in [-0.39, 0.29) is 5.69 Å². The van der Waals surface area contributed by atoms with Crippen LogP contribution in [0.3, 0.4) is 0 Å². The van der Waals surface area contributed by atoms with Gasteiger partial charge in [0, 0.05) is 44.2 Å². The normalized spacial score (nSPS) is 10.4. The number of rotatable bonds is 5. The molecule has 2 rings (SSSR count). The van der Waals surface area contributed by atoms with Gasteiger partial charge in [-0.25, -0.2) is 9.37 Å². The number of nitrogens with one attached hydrogen (secondary N) is 1. The second-order valence-electron chi connectivity index (χ2n) is 4.09. The van der Waals surface area contributed by atoms with Crippen molar-refractivity contribution in [2.75, 3.05) is 11.9 Å². The molecular weight excluding hydrogens is 251 g/mol. The molecule has 1 heterocycles. The van der Waals surface area contributed by atoms with Crippen LogP contribution in [0, 0.1) is 15.9 Å². The van der Waals surface area contributed by atoms with Gasteiger partial charge in [0.15, 0.2) is 0 Å². The molecule has 0 aliphatic heterocycles. The molecule has 100 valence electrons. The van der Waals surface area contributed by atoms with Crippen LogP contribution in [0.25, 0.3) is 0 Å². The average molecular weight is 264 g/mol. The minimum atomic E-state index is -0.631. The van der Waals surface area contributed by atoms with Gasteiger partial charge in [-0.2, -0.15) is 0 Å². The second-order valence-corrected chi connectivity index (χ2v) is 4.09. The van der Waals surface area contributed by atoms with E-state index < -0.39 is 10.7 Å². The Hall–Kier alpha value is -2.44. The Morgan fingerprint density at radius 1 is 1.47 bits per heavy atom. The maximum Gasteiger partial charge on any atom is 0.274 e. The third-order valence-corrected chi connectivity index (χ3v) is 2.69. The highest BCUT2D eigenvalue weighted by molar-refractivity contribution is 5.51. The molecule has 0 aliphatic rings. The Bertz CT molecular complexity index is 597. The third kappa shape index (κ3) is 3.27. The summed E-state index contributed by atoms with van der Waals surface area (Å²) in [7, 11) is 1.88. The van der Waals surface area contributed by atoms with Crippen LogP contribution in [0.4, 0.5) is 15.8 Å². The van der Waals surface area contributed by atoms with Gasteiger partial charge in [0.05, 0.1) is 11.0 Å². The Balaban J connectivity index is 2.00. The molecule has 0 unspecified atom stereocenters. The van der Waals surface area contributed by atoms with Crippen LogP contribution in [-0.2, 0) is 13.5 Å². The summed E-state index contributed by atoms with van der Waals surface area (Å²) in [5, 5.41) is 13.6. The molecule has 1 N–H and O–H groups in total. The number of halogens is 1. The maximum absolute atomic E-state index is 13.2. The highest BCUT2D eigenvalue weighted by Gasteiger charge is 2.09. The molecule has 0 bridgehead atoms. The SMILES string of the molecule is Cn1ccnc1CCNc1cc(F)cc([N+](=O)[O-])c1. The zero-order valence-corrected chi connectivity index (χ0v) is 10.3. The molecule has 1 aromatic heterocycles. The summed E-state index contributed by atoms with van der Waals surface area (Å²) in [5.74, 6) is 0.257. The molecule has 0 radical (unpaired) electrons. The Kier molecular flexibility index (Phi) is 3.74. The van der Waals surface area contributed by atoms with Crippen LogP contribution >= 0.6 is 0 Å². The average Bonchev–Trinajstić information content (AvgIpc) is 2.74. The van der Waals surface area contributed by atoms with Crippen LogP contribution in [0.15, 0.2) is 30.6 Å². The van der Waals surface area contributed by atoms with E-state index in [2.05, 4.69) is 10.3 Å². The van der Waals surface area contributed by atoms with Gasteiger partial charge in [0.1, 0.15) is 11.6 Å². The number of nitrogens with zero attached hydrogens (tertiary/aromatic N) is 3. The summed E-state index contributed by atoms with van der Waals surface area (Å²) < 4.78 is 15.1. The van der Waals surface area contributed by atoms with Crippen LogP contribution in [0.1, 0.15) is 5.82 Å². The fourth-order valence-electron chi connectivity index (χ4n) is 1.74. The van der Waals surface area contributed by atoms with Gasteiger partial charge in [0.2, 0.25) is 0 Å². The van der Waals surface area contributed by atoms with E-state index in [9.17, 15) is 14.5 Å².